The molecular weight excluding hydrogens is 248 g/mol. The van der Waals surface area contributed by atoms with Crippen LogP contribution in [-0.4, -0.2) is 12.2 Å². The van der Waals surface area contributed by atoms with Gasteiger partial charge in [-0.3, -0.25) is 0 Å². The molecule has 2 aromatic carbocycles. The summed E-state index contributed by atoms with van der Waals surface area (Å²) in [4.78, 5) is 0. The van der Waals surface area contributed by atoms with E-state index in [1.54, 1.807) is 13.2 Å². The average molecular weight is 268 g/mol. The van der Waals surface area contributed by atoms with E-state index < -0.39 is 11.7 Å². The molecule has 0 radical (unpaired) electrons. The first kappa shape index (κ1) is 14.5. The minimum Gasteiger partial charge on any atom is -0.382 e. The van der Waals surface area contributed by atoms with Gasteiger partial charge < -0.3 is 9.84 Å². The highest BCUT2D eigenvalue weighted by Crippen LogP contribution is 2.40. The van der Waals surface area contributed by atoms with Crippen LogP contribution in [0, 0.1) is 0 Å². The lowest BCUT2D eigenvalue weighted by molar-refractivity contribution is -0.100. The van der Waals surface area contributed by atoms with Gasteiger partial charge >= 0.3 is 0 Å². The van der Waals surface area contributed by atoms with Gasteiger partial charge in [0.15, 0.2) is 0 Å². The fraction of sp³-hybridized carbons (Fsp3) is 0.222. The minimum absolute atomic E-state index is 0.421. The molecule has 0 aliphatic carbocycles. The number of hydrogen-bond donors (Lipinski definition) is 1. The molecule has 1 N–H and O–H groups in total. The molecule has 2 heteroatoms. The van der Waals surface area contributed by atoms with E-state index in [0.717, 1.165) is 11.1 Å². The number of aliphatic hydroxyl groups is 1. The monoisotopic (exact) mass is 268 g/mol. The smallest absolute Gasteiger partial charge is 0.123 e. The number of methoxy groups -OCH3 is 1. The quantitative estimate of drug-likeness (QED) is 0.807. The third kappa shape index (κ3) is 2.82. The lowest BCUT2D eigenvalue weighted by Crippen LogP contribution is -2.34. The van der Waals surface area contributed by atoms with Crippen LogP contribution in [0.5, 0.6) is 0 Å². The Labute approximate surface area is 120 Å². The van der Waals surface area contributed by atoms with E-state index in [1.165, 1.54) is 0 Å². The lowest BCUT2D eigenvalue weighted by atomic mass is 9.82. The number of hydrogen-bond acceptors (Lipinski definition) is 2. The van der Waals surface area contributed by atoms with Gasteiger partial charge in [-0.25, -0.2) is 0 Å². The van der Waals surface area contributed by atoms with Crippen molar-refractivity contribution in [1.29, 1.82) is 0 Å². The first-order valence-corrected chi connectivity index (χ1v) is 6.69. The topological polar surface area (TPSA) is 29.5 Å². The molecule has 104 valence electrons. The summed E-state index contributed by atoms with van der Waals surface area (Å²) in [5.41, 5.74) is 0.651. The summed E-state index contributed by atoms with van der Waals surface area (Å²) in [6.45, 7) is 3.77. The summed E-state index contributed by atoms with van der Waals surface area (Å²) in [7, 11) is 1.62. The van der Waals surface area contributed by atoms with Gasteiger partial charge in [0.25, 0.3) is 0 Å². The Morgan fingerprint density at radius 1 is 1.10 bits per heavy atom. The molecule has 2 nitrogen and oxygen atoms in total. The number of benzene rings is 2. The average Bonchev–Trinajstić information content (AvgIpc) is 2.50. The molecule has 0 amide bonds. The molecule has 0 aromatic heterocycles. The highest BCUT2D eigenvalue weighted by molar-refractivity contribution is 5.30. The molecule has 0 bridgehead atoms. The van der Waals surface area contributed by atoms with E-state index in [2.05, 4.69) is 6.58 Å². The van der Waals surface area contributed by atoms with Crippen LogP contribution in [0.4, 0.5) is 0 Å². The fourth-order valence-electron chi connectivity index (χ4n) is 2.56. The van der Waals surface area contributed by atoms with Crippen LogP contribution < -0.4 is 0 Å². The predicted molar refractivity (Wildman–Crippen MR) is 81.3 cm³/mol. The Balaban J connectivity index is 2.48. The van der Waals surface area contributed by atoms with Crippen molar-refractivity contribution in [2.45, 2.75) is 18.1 Å². The third-order valence-corrected chi connectivity index (χ3v) is 3.50. The van der Waals surface area contributed by atoms with Crippen molar-refractivity contribution in [1.82, 2.24) is 0 Å². The second kappa shape index (κ2) is 6.51. The molecule has 2 unspecified atom stereocenters. The van der Waals surface area contributed by atoms with Crippen LogP contribution >= 0.6 is 0 Å². The van der Waals surface area contributed by atoms with E-state index in [0.29, 0.717) is 6.42 Å². The zero-order valence-electron chi connectivity index (χ0n) is 11.7. The Bertz CT molecular complexity index is 536. The first-order valence-electron chi connectivity index (χ1n) is 6.69. The molecule has 2 aromatic rings. The van der Waals surface area contributed by atoms with Crippen molar-refractivity contribution in [3.05, 3.63) is 84.4 Å². The van der Waals surface area contributed by atoms with Gasteiger partial charge in [0, 0.05) is 13.5 Å². The van der Waals surface area contributed by atoms with Crippen LogP contribution in [-0.2, 0) is 10.3 Å². The van der Waals surface area contributed by atoms with Crippen molar-refractivity contribution in [3.8, 4) is 0 Å². The zero-order valence-corrected chi connectivity index (χ0v) is 11.7. The second-order valence-corrected chi connectivity index (χ2v) is 4.81. The van der Waals surface area contributed by atoms with Gasteiger partial charge in [0.1, 0.15) is 11.7 Å². The molecule has 0 fully saturated rings. The standard InChI is InChI=1S/C18H20O2/c1-3-14-18(19,16-12-8-5-9-13-16)17(20-2)15-10-6-4-7-11-15/h3-13,17,19H,1,14H2,2H3. The van der Waals surface area contributed by atoms with Crippen molar-refractivity contribution in [2.75, 3.05) is 7.11 Å². The largest absolute Gasteiger partial charge is 0.382 e. The maximum absolute atomic E-state index is 11.2. The number of rotatable bonds is 6. The summed E-state index contributed by atoms with van der Waals surface area (Å²) < 4.78 is 5.61. The third-order valence-electron chi connectivity index (χ3n) is 3.50. The number of ether oxygens (including phenoxy) is 1. The molecule has 0 heterocycles. The van der Waals surface area contributed by atoms with Gasteiger partial charge in [0.2, 0.25) is 0 Å². The summed E-state index contributed by atoms with van der Waals surface area (Å²) in [6.07, 6.45) is 1.70. The fourth-order valence-corrected chi connectivity index (χ4v) is 2.56. The van der Waals surface area contributed by atoms with Gasteiger partial charge in [0.05, 0.1) is 0 Å². The zero-order chi connectivity index (χ0) is 14.4. The molecule has 0 saturated carbocycles. The maximum Gasteiger partial charge on any atom is 0.123 e. The highest BCUT2D eigenvalue weighted by atomic mass is 16.5. The van der Waals surface area contributed by atoms with Crippen LogP contribution in [0.15, 0.2) is 73.3 Å². The summed E-state index contributed by atoms with van der Waals surface area (Å²) >= 11 is 0. The van der Waals surface area contributed by atoms with Crippen molar-refractivity contribution in [3.63, 3.8) is 0 Å². The van der Waals surface area contributed by atoms with Crippen molar-refractivity contribution in [2.24, 2.45) is 0 Å². The van der Waals surface area contributed by atoms with Crippen molar-refractivity contribution >= 4 is 0 Å². The molecule has 2 rings (SSSR count). The van der Waals surface area contributed by atoms with E-state index in [-0.39, 0.29) is 0 Å². The Hall–Kier alpha value is -1.90. The Kier molecular flexibility index (Phi) is 4.72. The minimum atomic E-state index is -1.13. The molecule has 0 aliphatic rings. The second-order valence-electron chi connectivity index (χ2n) is 4.81. The van der Waals surface area contributed by atoms with Gasteiger partial charge in [-0.15, -0.1) is 6.58 Å². The van der Waals surface area contributed by atoms with Gasteiger partial charge in [-0.1, -0.05) is 66.7 Å². The van der Waals surface area contributed by atoms with Crippen LogP contribution in [0.25, 0.3) is 0 Å². The molecule has 0 aliphatic heterocycles. The normalized spacial score (nSPS) is 15.3. The predicted octanol–water partition coefficient (Wildman–Crippen LogP) is 3.84. The molecular formula is C18H20O2. The first-order chi connectivity index (χ1) is 9.72. The molecule has 20 heavy (non-hydrogen) atoms. The Morgan fingerprint density at radius 3 is 2.15 bits per heavy atom. The maximum atomic E-state index is 11.2. The summed E-state index contributed by atoms with van der Waals surface area (Å²) in [5.74, 6) is 0. The van der Waals surface area contributed by atoms with E-state index in [1.807, 2.05) is 60.7 Å². The van der Waals surface area contributed by atoms with Crippen molar-refractivity contribution < 1.29 is 9.84 Å². The highest BCUT2D eigenvalue weighted by Gasteiger charge is 2.38. The lowest BCUT2D eigenvalue weighted by Gasteiger charge is -2.35. The van der Waals surface area contributed by atoms with Gasteiger partial charge in [-0.2, -0.15) is 0 Å². The van der Waals surface area contributed by atoms with Crippen LogP contribution in [0.1, 0.15) is 23.7 Å². The van der Waals surface area contributed by atoms with E-state index in [9.17, 15) is 5.11 Å². The van der Waals surface area contributed by atoms with Gasteiger partial charge in [-0.05, 0) is 11.1 Å². The van der Waals surface area contributed by atoms with E-state index >= 15 is 0 Å². The van der Waals surface area contributed by atoms with E-state index in [4.69, 9.17) is 4.74 Å². The SMILES string of the molecule is C=CCC(O)(c1ccccc1)C(OC)c1ccccc1. The van der Waals surface area contributed by atoms with Crippen LogP contribution in [0.3, 0.4) is 0 Å². The summed E-state index contributed by atoms with van der Waals surface area (Å²) in [6, 6.07) is 19.4. The van der Waals surface area contributed by atoms with Crippen LogP contribution in [0.2, 0.25) is 0 Å². The molecule has 0 spiro atoms. The molecule has 2 atom stereocenters. The molecule has 0 saturated heterocycles. The summed E-state index contributed by atoms with van der Waals surface area (Å²) in [5, 5.41) is 11.2. The Morgan fingerprint density at radius 2 is 1.65 bits per heavy atom.